The predicted octanol–water partition coefficient (Wildman–Crippen LogP) is 6.06. The lowest BCUT2D eigenvalue weighted by Gasteiger charge is -2.28. The molecule has 0 aliphatic carbocycles. The summed E-state index contributed by atoms with van der Waals surface area (Å²) in [4.78, 5) is 53.3. The number of benzene rings is 4. The number of carboxylic acid groups (broad SMARTS) is 1. The van der Waals surface area contributed by atoms with Gasteiger partial charge in [0.15, 0.2) is 11.4 Å². The number of carbonyl (C=O) groups is 4. The lowest BCUT2D eigenvalue weighted by Crippen LogP contribution is -2.50. The van der Waals surface area contributed by atoms with E-state index in [1.165, 1.54) is 64.1 Å². The number of hydrogen-bond acceptors (Lipinski definition) is 7. The Labute approximate surface area is 330 Å². The SMILES string of the molecule is NNC(=O)c1ccc(F)cc1.[C-]#[N+]c1ccc(C[C@@H](C(=O)NNC(=O)c2ccc(F)cc2)C(C)(C)O)cc1C.[C-]#[N+]c1ccc(C[C@@H](C(=O)O)C(C)(C)O)cc1C. The van der Waals surface area contributed by atoms with Crippen LogP contribution in [-0.2, 0) is 22.4 Å². The molecule has 0 fully saturated rings. The number of nitrogen functional groups attached to an aromatic ring is 1. The van der Waals surface area contributed by atoms with Crippen LogP contribution in [0.2, 0.25) is 0 Å². The van der Waals surface area contributed by atoms with Crippen molar-refractivity contribution in [2.24, 2.45) is 17.7 Å². The number of aryl methyl sites for hydroxylation is 2. The summed E-state index contributed by atoms with van der Waals surface area (Å²) >= 11 is 0. The molecule has 4 rings (SSSR count). The van der Waals surface area contributed by atoms with Crippen molar-refractivity contribution in [2.75, 3.05) is 0 Å². The zero-order valence-electron chi connectivity index (χ0n) is 32.4. The first-order valence-electron chi connectivity index (χ1n) is 17.3. The van der Waals surface area contributed by atoms with Gasteiger partial charge in [0.05, 0.1) is 36.2 Å². The number of rotatable bonds is 10. The van der Waals surface area contributed by atoms with Gasteiger partial charge in [-0.2, -0.15) is 0 Å². The average molecular weight is 785 g/mol. The van der Waals surface area contributed by atoms with E-state index in [0.717, 1.165) is 34.4 Å². The third kappa shape index (κ3) is 14.9. The molecule has 15 heteroatoms. The molecule has 300 valence electrons. The molecule has 8 N–H and O–H groups in total. The molecule has 0 aromatic heterocycles. The number of hydrazine groups is 2. The molecule has 0 aliphatic rings. The first kappa shape index (κ1) is 46.6. The van der Waals surface area contributed by atoms with Gasteiger partial charge >= 0.3 is 5.97 Å². The number of nitrogens with zero attached hydrogens (tertiary/aromatic N) is 2. The van der Waals surface area contributed by atoms with Crippen LogP contribution in [-0.4, -0.2) is 50.2 Å². The Morgan fingerprint density at radius 2 is 1.05 bits per heavy atom. The van der Waals surface area contributed by atoms with Crippen molar-refractivity contribution in [2.45, 2.75) is 65.6 Å². The van der Waals surface area contributed by atoms with Gasteiger partial charge < -0.3 is 15.3 Å². The van der Waals surface area contributed by atoms with Crippen LogP contribution in [0.5, 0.6) is 0 Å². The number of halogens is 2. The maximum Gasteiger partial charge on any atom is 0.309 e. The van der Waals surface area contributed by atoms with E-state index in [4.69, 9.17) is 24.1 Å². The van der Waals surface area contributed by atoms with Gasteiger partial charge in [0.1, 0.15) is 11.6 Å². The fourth-order valence-electron chi connectivity index (χ4n) is 5.28. The van der Waals surface area contributed by atoms with Crippen LogP contribution in [0.4, 0.5) is 20.2 Å². The molecule has 0 heterocycles. The van der Waals surface area contributed by atoms with Crippen molar-refractivity contribution in [3.05, 3.63) is 153 Å². The molecule has 3 amide bonds. The molecule has 0 radical (unpaired) electrons. The minimum atomic E-state index is -1.35. The maximum absolute atomic E-state index is 12.9. The number of nitrogens with one attached hydrogen (secondary N) is 3. The van der Waals surface area contributed by atoms with Crippen molar-refractivity contribution in [3.8, 4) is 0 Å². The smallest absolute Gasteiger partial charge is 0.309 e. The van der Waals surface area contributed by atoms with Gasteiger partial charge in [-0.15, -0.1) is 0 Å². The summed E-state index contributed by atoms with van der Waals surface area (Å²) in [5, 5.41) is 29.4. The number of aliphatic carboxylic acids is 1. The van der Waals surface area contributed by atoms with Gasteiger partial charge in [0.25, 0.3) is 11.8 Å². The van der Waals surface area contributed by atoms with Gasteiger partial charge in [0.2, 0.25) is 5.91 Å². The van der Waals surface area contributed by atoms with E-state index in [9.17, 15) is 38.2 Å². The fourth-order valence-corrected chi connectivity index (χ4v) is 5.28. The van der Waals surface area contributed by atoms with E-state index in [0.29, 0.717) is 16.9 Å². The van der Waals surface area contributed by atoms with Crippen LogP contribution < -0.4 is 22.1 Å². The average Bonchev–Trinajstić information content (AvgIpc) is 3.14. The minimum Gasteiger partial charge on any atom is -0.481 e. The monoisotopic (exact) mass is 784 g/mol. The van der Waals surface area contributed by atoms with E-state index in [1.807, 2.05) is 12.3 Å². The van der Waals surface area contributed by atoms with Crippen LogP contribution in [0.1, 0.15) is 70.7 Å². The number of carboxylic acids is 1. The quantitative estimate of drug-likeness (QED) is 0.0435. The second-order valence-corrected chi connectivity index (χ2v) is 14.1. The summed E-state index contributed by atoms with van der Waals surface area (Å²) in [5.74, 6) is -0.313. The van der Waals surface area contributed by atoms with Crippen molar-refractivity contribution in [1.29, 1.82) is 0 Å². The topological polar surface area (TPSA) is 200 Å². The van der Waals surface area contributed by atoms with Gasteiger partial charge in [0, 0.05) is 11.1 Å². The molecule has 4 aromatic rings. The lowest BCUT2D eigenvalue weighted by atomic mass is 9.84. The number of carbonyl (C=O) groups excluding carboxylic acids is 3. The summed E-state index contributed by atoms with van der Waals surface area (Å²) in [5.41, 5.74) is 8.73. The number of nitrogens with two attached hydrogens (primary N) is 1. The molecule has 0 bridgehead atoms. The van der Waals surface area contributed by atoms with Crippen LogP contribution in [0.25, 0.3) is 9.69 Å². The molecule has 0 unspecified atom stereocenters. The summed E-state index contributed by atoms with van der Waals surface area (Å²) in [6, 6.07) is 20.4. The molecular weight excluding hydrogens is 738 g/mol. The highest BCUT2D eigenvalue weighted by atomic mass is 19.1. The normalized spacial score (nSPS) is 11.7. The summed E-state index contributed by atoms with van der Waals surface area (Å²) in [6.07, 6.45) is 0.471. The molecule has 4 aromatic carbocycles. The van der Waals surface area contributed by atoms with Gasteiger partial charge in [-0.1, -0.05) is 36.4 Å². The van der Waals surface area contributed by atoms with E-state index >= 15 is 0 Å². The Kier molecular flexibility index (Phi) is 17.2. The van der Waals surface area contributed by atoms with Gasteiger partial charge in [-0.25, -0.2) is 24.3 Å². The lowest BCUT2D eigenvalue weighted by molar-refractivity contribution is -0.149. The molecule has 0 spiro atoms. The van der Waals surface area contributed by atoms with Gasteiger partial charge in [-0.3, -0.25) is 35.5 Å². The summed E-state index contributed by atoms with van der Waals surface area (Å²) in [6.45, 7) is 23.7. The highest BCUT2D eigenvalue weighted by Gasteiger charge is 2.34. The van der Waals surface area contributed by atoms with Crippen LogP contribution in [0.15, 0.2) is 84.9 Å². The van der Waals surface area contributed by atoms with E-state index in [1.54, 1.807) is 43.3 Å². The van der Waals surface area contributed by atoms with Crippen LogP contribution >= 0.6 is 0 Å². The van der Waals surface area contributed by atoms with E-state index < -0.39 is 52.5 Å². The molecule has 2 atom stereocenters. The molecule has 0 saturated heterocycles. The predicted molar refractivity (Wildman–Crippen MR) is 210 cm³/mol. The maximum atomic E-state index is 12.9. The minimum absolute atomic E-state index is 0.187. The number of aliphatic hydroxyl groups is 2. The third-order valence-corrected chi connectivity index (χ3v) is 8.61. The first-order valence-corrected chi connectivity index (χ1v) is 17.3. The highest BCUT2D eigenvalue weighted by molar-refractivity contribution is 5.95. The Morgan fingerprint density at radius 3 is 1.39 bits per heavy atom. The van der Waals surface area contributed by atoms with Gasteiger partial charge in [-0.05, 0) is 125 Å². The molecule has 57 heavy (non-hydrogen) atoms. The van der Waals surface area contributed by atoms with E-state index in [2.05, 4.69) is 20.5 Å². The largest absolute Gasteiger partial charge is 0.481 e. The van der Waals surface area contributed by atoms with Crippen molar-refractivity contribution in [3.63, 3.8) is 0 Å². The molecular formula is C42H46F2N6O7. The number of amides is 3. The van der Waals surface area contributed by atoms with Crippen molar-refractivity contribution in [1.82, 2.24) is 16.3 Å². The first-order chi connectivity index (χ1) is 26.6. The van der Waals surface area contributed by atoms with Crippen LogP contribution in [0.3, 0.4) is 0 Å². The Hall–Kier alpha value is -6.52. The number of hydrogen-bond donors (Lipinski definition) is 7. The standard InChI is InChI=1S/C21H22FN3O3.C14H17NO3.C7H7FN2O/c1-13-11-14(5-10-18(13)23-4)12-17(21(2,3)28)20(27)25-24-19(26)15-6-8-16(22)9-7-15;1-9-7-10(5-6-12(9)15-4)8-11(13(16)17)14(2,3)18;8-6-3-1-5(2-4-6)7(11)10-9/h5-11,17,28H,12H2,1-3H3,(H,24,26)(H,25,27);5-7,11,18H,8H2,1-3H3,(H,16,17);1-4H,9H2,(H,10,11)/t17-;11-;/m00./s1. The zero-order valence-corrected chi connectivity index (χ0v) is 32.4. The summed E-state index contributed by atoms with van der Waals surface area (Å²) < 4.78 is 25.2. The molecule has 13 nitrogen and oxygen atoms in total. The molecule has 0 saturated carbocycles. The zero-order chi connectivity index (χ0) is 43.1. The second-order valence-electron chi connectivity index (χ2n) is 14.1. The van der Waals surface area contributed by atoms with Crippen molar-refractivity contribution >= 4 is 35.1 Å². The summed E-state index contributed by atoms with van der Waals surface area (Å²) in [7, 11) is 0. The fraction of sp³-hybridized carbons (Fsp3) is 0.286. The van der Waals surface area contributed by atoms with E-state index in [-0.39, 0.29) is 24.2 Å². The van der Waals surface area contributed by atoms with Crippen LogP contribution in [0, 0.1) is 50.5 Å². The third-order valence-electron chi connectivity index (χ3n) is 8.61. The van der Waals surface area contributed by atoms with Crippen molar-refractivity contribution < 1.29 is 43.3 Å². The Morgan fingerprint density at radius 1 is 0.667 bits per heavy atom. The Bertz CT molecular complexity index is 2120. The highest BCUT2D eigenvalue weighted by Crippen LogP contribution is 2.27. The Balaban J connectivity index is 0.000000329. The second kappa shape index (κ2) is 21.0. The molecule has 0 aliphatic heterocycles.